The fourth-order valence-electron chi connectivity index (χ4n) is 2.96. The molecule has 2 aromatic rings. The molecule has 1 unspecified atom stereocenters. The number of nitrogens with one attached hydrogen (secondary N) is 2. The van der Waals surface area contributed by atoms with Crippen molar-refractivity contribution in [1.29, 1.82) is 0 Å². The number of esters is 1. The fourth-order valence-corrected chi connectivity index (χ4v) is 3.18. The molecule has 8 heteroatoms. The Labute approximate surface area is 161 Å². The number of nitrogens with zero attached hydrogens (tertiary/aromatic N) is 1. The molecule has 0 amide bonds. The number of nitro benzene ring substituents is 1. The molecule has 7 nitrogen and oxygen atoms in total. The zero-order valence-corrected chi connectivity index (χ0v) is 15.3. The quantitative estimate of drug-likeness (QED) is 0.355. The summed E-state index contributed by atoms with van der Waals surface area (Å²) >= 11 is 5.29. The van der Waals surface area contributed by atoms with E-state index < -0.39 is 16.9 Å². The lowest BCUT2D eigenvalue weighted by atomic mass is 9.92. The molecule has 1 aliphatic rings. The van der Waals surface area contributed by atoms with Gasteiger partial charge in [-0.25, -0.2) is 4.79 Å². The van der Waals surface area contributed by atoms with Crippen molar-refractivity contribution in [3.8, 4) is 0 Å². The van der Waals surface area contributed by atoms with E-state index in [2.05, 4.69) is 10.6 Å². The van der Waals surface area contributed by atoms with Crippen LogP contribution >= 0.6 is 12.2 Å². The molecule has 0 aromatic heterocycles. The summed E-state index contributed by atoms with van der Waals surface area (Å²) in [5.41, 5.74) is 1.68. The van der Waals surface area contributed by atoms with Crippen LogP contribution in [0.4, 0.5) is 5.69 Å². The smallest absolute Gasteiger partial charge is 0.338 e. The zero-order chi connectivity index (χ0) is 19.4. The lowest BCUT2D eigenvalue weighted by Crippen LogP contribution is -2.45. The van der Waals surface area contributed by atoms with Crippen molar-refractivity contribution >= 4 is 34.7 Å². The van der Waals surface area contributed by atoms with Crippen molar-refractivity contribution < 1.29 is 14.5 Å². The van der Waals surface area contributed by atoms with E-state index in [0.29, 0.717) is 11.3 Å². The standard InChI is InChI=1S/C19H17N3O4S/c1-2-26-18(23)15-16(12-8-4-3-5-9-12)20-19(27)21-17(15)13-10-6-7-11-14(13)22(24)25/h3-11,17H,2H2,1H3,(H2,20,21,27). The second-order valence-electron chi connectivity index (χ2n) is 5.72. The van der Waals surface area contributed by atoms with E-state index in [1.54, 1.807) is 25.1 Å². The third-order valence-corrected chi connectivity index (χ3v) is 4.29. The summed E-state index contributed by atoms with van der Waals surface area (Å²) < 4.78 is 5.23. The SMILES string of the molecule is CCOC(=O)C1=C(c2ccccc2)NC(=S)NC1c1ccccc1[N+](=O)[O-]. The molecule has 1 aliphatic heterocycles. The molecule has 0 bridgehead atoms. The lowest BCUT2D eigenvalue weighted by molar-refractivity contribution is -0.385. The molecular formula is C19H17N3O4S. The van der Waals surface area contributed by atoms with Gasteiger partial charge in [-0.2, -0.15) is 0 Å². The minimum atomic E-state index is -0.811. The number of hydrogen-bond acceptors (Lipinski definition) is 5. The van der Waals surface area contributed by atoms with Gasteiger partial charge in [0.05, 0.1) is 34.4 Å². The van der Waals surface area contributed by atoms with Gasteiger partial charge in [-0.1, -0.05) is 42.5 Å². The second kappa shape index (κ2) is 7.96. The van der Waals surface area contributed by atoms with Crippen molar-refractivity contribution in [2.24, 2.45) is 0 Å². The fraction of sp³-hybridized carbons (Fsp3) is 0.158. The van der Waals surface area contributed by atoms with Crippen LogP contribution in [-0.4, -0.2) is 22.6 Å². The maximum atomic E-state index is 12.8. The molecule has 2 aromatic carbocycles. The number of thiocarbonyl (C=S) groups is 1. The first-order valence-corrected chi connectivity index (χ1v) is 8.71. The van der Waals surface area contributed by atoms with Gasteiger partial charge in [-0.3, -0.25) is 10.1 Å². The van der Waals surface area contributed by atoms with Gasteiger partial charge in [-0.05, 0) is 30.8 Å². The molecule has 138 valence electrons. The van der Waals surface area contributed by atoms with Gasteiger partial charge in [0, 0.05) is 6.07 Å². The third-order valence-electron chi connectivity index (χ3n) is 4.07. The van der Waals surface area contributed by atoms with Crippen LogP contribution in [0, 0.1) is 10.1 Å². The predicted octanol–water partition coefficient (Wildman–Crippen LogP) is 3.09. The first-order valence-electron chi connectivity index (χ1n) is 8.30. The van der Waals surface area contributed by atoms with Gasteiger partial charge in [0.25, 0.3) is 5.69 Å². The largest absolute Gasteiger partial charge is 0.463 e. The normalized spacial score (nSPS) is 16.3. The van der Waals surface area contributed by atoms with E-state index in [1.807, 2.05) is 30.3 Å². The Morgan fingerprint density at radius 1 is 1.19 bits per heavy atom. The molecule has 0 radical (unpaired) electrons. The van der Waals surface area contributed by atoms with Gasteiger partial charge >= 0.3 is 5.97 Å². The van der Waals surface area contributed by atoms with Gasteiger partial charge < -0.3 is 15.4 Å². The molecule has 1 heterocycles. The average Bonchev–Trinajstić information content (AvgIpc) is 2.68. The molecule has 0 fully saturated rings. The third kappa shape index (κ3) is 3.80. The van der Waals surface area contributed by atoms with Crippen LogP contribution in [-0.2, 0) is 9.53 Å². The predicted molar refractivity (Wildman–Crippen MR) is 105 cm³/mol. The van der Waals surface area contributed by atoms with Crippen LogP contribution < -0.4 is 10.6 Å². The minimum absolute atomic E-state index is 0.103. The van der Waals surface area contributed by atoms with E-state index in [-0.39, 0.29) is 23.0 Å². The summed E-state index contributed by atoms with van der Waals surface area (Å²) in [5.74, 6) is -0.568. The molecule has 2 N–H and O–H groups in total. The molecule has 27 heavy (non-hydrogen) atoms. The maximum Gasteiger partial charge on any atom is 0.338 e. The van der Waals surface area contributed by atoms with Crippen molar-refractivity contribution in [2.75, 3.05) is 6.61 Å². The summed E-state index contributed by atoms with van der Waals surface area (Å²) in [6.45, 7) is 1.88. The summed E-state index contributed by atoms with van der Waals surface area (Å²) in [4.78, 5) is 23.8. The number of rotatable bonds is 5. The Kier molecular flexibility index (Phi) is 5.46. The van der Waals surface area contributed by atoms with Crippen LogP contribution in [0.15, 0.2) is 60.2 Å². The summed E-state index contributed by atoms with van der Waals surface area (Å²) in [6.07, 6.45) is 0. The van der Waals surface area contributed by atoms with Gasteiger partial charge in [-0.15, -0.1) is 0 Å². The molecular weight excluding hydrogens is 366 g/mol. The van der Waals surface area contributed by atoms with E-state index in [0.717, 1.165) is 5.56 Å². The highest BCUT2D eigenvalue weighted by Crippen LogP contribution is 2.35. The molecule has 0 saturated heterocycles. The lowest BCUT2D eigenvalue weighted by Gasteiger charge is -2.31. The summed E-state index contributed by atoms with van der Waals surface area (Å²) in [6, 6.07) is 14.6. The maximum absolute atomic E-state index is 12.8. The highest BCUT2D eigenvalue weighted by Gasteiger charge is 2.36. The molecule has 1 atom stereocenters. The van der Waals surface area contributed by atoms with Crippen molar-refractivity contribution in [3.63, 3.8) is 0 Å². The molecule has 3 rings (SSSR count). The second-order valence-corrected chi connectivity index (χ2v) is 6.13. The molecule has 0 saturated carbocycles. The summed E-state index contributed by atoms with van der Waals surface area (Å²) in [5, 5.41) is 17.7. The number of carbonyl (C=O) groups excluding carboxylic acids is 1. The van der Waals surface area contributed by atoms with Crippen LogP contribution in [0.3, 0.4) is 0 Å². The number of nitro groups is 1. The first kappa shape index (κ1) is 18.5. The monoisotopic (exact) mass is 383 g/mol. The van der Waals surface area contributed by atoms with Gasteiger partial charge in [0.1, 0.15) is 0 Å². The van der Waals surface area contributed by atoms with Crippen LogP contribution in [0.1, 0.15) is 24.1 Å². The van der Waals surface area contributed by atoms with E-state index in [9.17, 15) is 14.9 Å². The summed E-state index contributed by atoms with van der Waals surface area (Å²) in [7, 11) is 0. The number of para-hydroxylation sites is 1. The van der Waals surface area contributed by atoms with Gasteiger partial charge in [0.15, 0.2) is 5.11 Å². The highest BCUT2D eigenvalue weighted by molar-refractivity contribution is 7.80. The Hall–Kier alpha value is -3.26. The average molecular weight is 383 g/mol. The number of ether oxygens (including phenoxy) is 1. The minimum Gasteiger partial charge on any atom is -0.463 e. The zero-order valence-electron chi connectivity index (χ0n) is 14.5. The van der Waals surface area contributed by atoms with E-state index in [1.165, 1.54) is 6.07 Å². The topological polar surface area (TPSA) is 93.5 Å². The van der Waals surface area contributed by atoms with Crippen LogP contribution in [0.25, 0.3) is 5.70 Å². The van der Waals surface area contributed by atoms with E-state index in [4.69, 9.17) is 17.0 Å². The Morgan fingerprint density at radius 3 is 2.52 bits per heavy atom. The van der Waals surface area contributed by atoms with Crippen molar-refractivity contribution in [1.82, 2.24) is 10.6 Å². The number of hydrogen-bond donors (Lipinski definition) is 2. The van der Waals surface area contributed by atoms with Crippen molar-refractivity contribution in [2.45, 2.75) is 13.0 Å². The Bertz CT molecular complexity index is 928. The first-order chi connectivity index (χ1) is 13.0. The molecule has 0 aliphatic carbocycles. The van der Waals surface area contributed by atoms with Gasteiger partial charge in [0.2, 0.25) is 0 Å². The molecule has 0 spiro atoms. The Balaban J connectivity index is 2.24. The van der Waals surface area contributed by atoms with Crippen molar-refractivity contribution in [3.05, 3.63) is 81.4 Å². The van der Waals surface area contributed by atoms with Crippen LogP contribution in [0.5, 0.6) is 0 Å². The van der Waals surface area contributed by atoms with Crippen LogP contribution in [0.2, 0.25) is 0 Å². The Morgan fingerprint density at radius 2 is 1.85 bits per heavy atom. The highest BCUT2D eigenvalue weighted by atomic mass is 32.1. The number of benzene rings is 2. The number of carbonyl (C=O) groups is 1. The van der Waals surface area contributed by atoms with E-state index >= 15 is 0 Å².